The van der Waals surface area contributed by atoms with Gasteiger partial charge in [0, 0.05) is 11.8 Å². The topological polar surface area (TPSA) is 158 Å². The van der Waals surface area contributed by atoms with Crippen molar-refractivity contribution in [1.29, 1.82) is 5.26 Å². The number of hydrogen-bond acceptors (Lipinski definition) is 8. The van der Waals surface area contributed by atoms with Crippen LogP contribution in [0, 0.1) is 42.1 Å². The second-order valence-electron chi connectivity index (χ2n) is 7.52. The van der Waals surface area contributed by atoms with E-state index in [-0.39, 0.29) is 29.4 Å². The molecule has 3 aromatic carbocycles. The standard InChI is InChI=1S/C25H19IN4O7/c1-3-36-23-12-16(10-17(14-27)25(31)28-18-6-4-5-15(2)9-18)11-20(26)24(23)37-22-8-7-19(29(32)33)13-21(22)30(34)35/h4-13H,3H2,1-2H3,(H,28,31)/b17-10-. The quantitative estimate of drug-likeness (QED) is 0.0988. The third-order valence-electron chi connectivity index (χ3n) is 4.85. The van der Waals surface area contributed by atoms with Gasteiger partial charge < -0.3 is 14.8 Å². The number of carbonyl (C=O) groups excluding carboxylic acids is 1. The molecule has 0 aliphatic carbocycles. The van der Waals surface area contributed by atoms with Crippen molar-refractivity contribution in [2.75, 3.05) is 11.9 Å². The highest BCUT2D eigenvalue weighted by atomic mass is 127. The number of nitrogens with zero attached hydrogens (tertiary/aromatic N) is 3. The Hall–Kier alpha value is -4.51. The maximum Gasteiger partial charge on any atom is 0.318 e. The van der Waals surface area contributed by atoms with Crippen molar-refractivity contribution in [3.8, 4) is 23.3 Å². The number of aryl methyl sites for hydroxylation is 1. The van der Waals surface area contributed by atoms with Crippen LogP contribution in [-0.2, 0) is 4.79 Å². The number of nitriles is 1. The summed E-state index contributed by atoms with van der Waals surface area (Å²) >= 11 is 1.93. The summed E-state index contributed by atoms with van der Waals surface area (Å²) in [4.78, 5) is 33.7. The molecule has 1 amide bonds. The van der Waals surface area contributed by atoms with Gasteiger partial charge in [-0.3, -0.25) is 25.0 Å². The van der Waals surface area contributed by atoms with E-state index in [1.807, 2.05) is 41.7 Å². The Bertz CT molecular complexity index is 1460. The lowest BCUT2D eigenvalue weighted by Gasteiger charge is -2.14. The van der Waals surface area contributed by atoms with Crippen LogP contribution in [0.5, 0.6) is 17.2 Å². The van der Waals surface area contributed by atoms with Crippen LogP contribution in [-0.4, -0.2) is 22.4 Å². The third kappa shape index (κ3) is 6.79. The molecule has 1 N–H and O–H groups in total. The van der Waals surface area contributed by atoms with Crippen LogP contribution in [0.1, 0.15) is 18.1 Å². The molecule has 0 spiro atoms. The van der Waals surface area contributed by atoms with Gasteiger partial charge >= 0.3 is 5.69 Å². The number of anilines is 1. The summed E-state index contributed by atoms with van der Waals surface area (Å²) in [5.41, 5.74) is 0.751. The number of rotatable bonds is 9. The third-order valence-corrected chi connectivity index (χ3v) is 5.65. The summed E-state index contributed by atoms with van der Waals surface area (Å²) in [5, 5.41) is 34.8. The van der Waals surface area contributed by atoms with Crippen LogP contribution in [0.25, 0.3) is 6.08 Å². The first-order chi connectivity index (χ1) is 17.6. The van der Waals surface area contributed by atoms with E-state index in [2.05, 4.69) is 5.32 Å². The van der Waals surface area contributed by atoms with E-state index >= 15 is 0 Å². The van der Waals surface area contributed by atoms with Gasteiger partial charge in [-0.2, -0.15) is 5.26 Å². The molecular formula is C25H19IN4O7. The molecule has 188 valence electrons. The SMILES string of the molecule is CCOc1cc(/C=C(/C#N)C(=O)Nc2cccc(C)c2)cc(I)c1Oc1ccc([N+](=O)[O-])cc1[N+](=O)[O-]. The van der Waals surface area contributed by atoms with E-state index < -0.39 is 27.1 Å². The van der Waals surface area contributed by atoms with Crippen LogP contribution in [0.4, 0.5) is 17.1 Å². The van der Waals surface area contributed by atoms with Gasteiger partial charge in [0.1, 0.15) is 11.6 Å². The smallest absolute Gasteiger partial charge is 0.318 e. The van der Waals surface area contributed by atoms with E-state index in [1.54, 1.807) is 31.2 Å². The van der Waals surface area contributed by atoms with Crippen molar-refractivity contribution >= 4 is 51.6 Å². The maximum absolute atomic E-state index is 12.7. The molecule has 37 heavy (non-hydrogen) atoms. The Balaban J connectivity index is 1.98. The fraction of sp³-hybridized carbons (Fsp3) is 0.120. The molecule has 0 bridgehead atoms. The number of nitro benzene ring substituents is 2. The first-order valence-corrected chi connectivity index (χ1v) is 11.8. The van der Waals surface area contributed by atoms with Crippen LogP contribution in [0.2, 0.25) is 0 Å². The second kappa shape index (κ2) is 12.0. The van der Waals surface area contributed by atoms with Crippen molar-refractivity contribution in [1.82, 2.24) is 0 Å². The monoisotopic (exact) mass is 614 g/mol. The molecule has 0 radical (unpaired) electrons. The molecule has 0 aliphatic rings. The molecule has 0 unspecified atom stereocenters. The highest BCUT2D eigenvalue weighted by molar-refractivity contribution is 14.1. The van der Waals surface area contributed by atoms with Crippen molar-refractivity contribution in [3.63, 3.8) is 0 Å². The highest BCUT2D eigenvalue weighted by Gasteiger charge is 2.24. The average molecular weight is 614 g/mol. The first kappa shape index (κ1) is 27.1. The number of halogens is 1. The molecule has 0 saturated heterocycles. The summed E-state index contributed by atoms with van der Waals surface area (Å²) < 4.78 is 11.9. The number of ether oxygens (including phenoxy) is 2. The minimum Gasteiger partial charge on any atom is -0.490 e. The molecular weight excluding hydrogens is 595 g/mol. The Morgan fingerprint density at radius 3 is 2.49 bits per heavy atom. The zero-order valence-corrected chi connectivity index (χ0v) is 21.7. The molecule has 3 aromatic rings. The Kier molecular flexibility index (Phi) is 8.75. The highest BCUT2D eigenvalue weighted by Crippen LogP contribution is 2.41. The normalized spacial score (nSPS) is 10.8. The van der Waals surface area contributed by atoms with E-state index in [9.17, 15) is 30.3 Å². The van der Waals surface area contributed by atoms with Gasteiger partial charge in [-0.05, 0) is 84.0 Å². The lowest BCUT2D eigenvalue weighted by Crippen LogP contribution is -2.13. The van der Waals surface area contributed by atoms with Gasteiger partial charge in [0.15, 0.2) is 11.5 Å². The largest absolute Gasteiger partial charge is 0.490 e. The van der Waals surface area contributed by atoms with Crippen LogP contribution in [0.3, 0.4) is 0 Å². The zero-order chi connectivity index (χ0) is 27.1. The number of non-ortho nitro benzene ring substituents is 1. The number of benzene rings is 3. The van der Waals surface area contributed by atoms with E-state index in [0.717, 1.165) is 23.8 Å². The van der Waals surface area contributed by atoms with Gasteiger partial charge in [0.2, 0.25) is 5.75 Å². The Morgan fingerprint density at radius 1 is 1.11 bits per heavy atom. The van der Waals surface area contributed by atoms with Crippen molar-refractivity contribution in [2.45, 2.75) is 13.8 Å². The maximum atomic E-state index is 12.7. The molecule has 3 rings (SSSR count). The molecule has 0 saturated carbocycles. The minimum atomic E-state index is -0.779. The molecule has 12 heteroatoms. The Labute approximate surface area is 224 Å². The molecule has 0 atom stereocenters. The predicted octanol–water partition coefficient (Wildman–Crippen LogP) is 6.15. The molecule has 11 nitrogen and oxygen atoms in total. The van der Waals surface area contributed by atoms with Crippen LogP contribution < -0.4 is 14.8 Å². The molecule has 0 aliphatic heterocycles. The average Bonchev–Trinajstić information content (AvgIpc) is 2.84. The summed E-state index contributed by atoms with van der Waals surface area (Å²) in [6, 6.07) is 15.2. The van der Waals surface area contributed by atoms with Gasteiger partial charge in [-0.1, -0.05) is 12.1 Å². The van der Waals surface area contributed by atoms with Crippen LogP contribution in [0.15, 0.2) is 60.2 Å². The van der Waals surface area contributed by atoms with Crippen LogP contribution >= 0.6 is 22.6 Å². The van der Waals surface area contributed by atoms with Gasteiger partial charge in [-0.15, -0.1) is 0 Å². The van der Waals surface area contributed by atoms with Gasteiger partial charge in [-0.25, -0.2) is 0 Å². The number of amides is 1. The molecule has 0 fully saturated rings. The van der Waals surface area contributed by atoms with E-state index in [0.29, 0.717) is 14.8 Å². The number of nitro groups is 2. The lowest BCUT2D eigenvalue weighted by atomic mass is 10.1. The zero-order valence-electron chi connectivity index (χ0n) is 19.6. The number of hydrogen-bond donors (Lipinski definition) is 1. The minimum absolute atomic E-state index is 0.138. The number of nitrogens with one attached hydrogen (secondary N) is 1. The fourth-order valence-electron chi connectivity index (χ4n) is 3.23. The van der Waals surface area contributed by atoms with Crippen molar-refractivity contribution in [3.05, 3.63) is 95.1 Å². The van der Waals surface area contributed by atoms with Crippen molar-refractivity contribution in [2.24, 2.45) is 0 Å². The summed E-state index contributed by atoms with van der Waals surface area (Å²) in [6.45, 7) is 3.83. The van der Waals surface area contributed by atoms with E-state index in [4.69, 9.17) is 9.47 Å². The Morgan fingerprint density at radius 2 is 1.86 bits per heavy atom. The molecule has 0 heterocycles. The molecule has 0 aromatic heterocycles. The van der Waals surface area contributed by atoms with E-state index in [1.165, 1.54) is 12.1 Å². The van der Waals surface area contributed by atoms with Crippen molar-refractivity contribution < 1.29 is 24.1 Å². The fourth-order valence-corrected chi connectivity index (χ4v) is 3.96. The van der Waals surface area contributed by atoms with Gasteiger partial charge in [0.25, 0.3) is 11.6 Å². The first-order valence-electron chi connectivity index (χ1n) is 10.7. The summed E-state index contributed by atoms with van der Waals surface area (Å²) in [5.74, 6) is -0.472. The number of carbonyl (C=O) groups is 1. The second-order valence-corrected chi connectivity index (χ2v) is 8.69. The lowest BCUT2D eigenvalue weighted by molar-refractivity contribution is -0.394. The summed E-state index contributed by atoms with van der Waals surface area (Å²) in [6.07, 6.45) is 1.38. The van der Waals surface area contributed by atoms with Gasteiger partial charge in [0.05, 0.1) is 26.1 Å². The predicted molar refractivity (Wildman–Crippen MR) is 144 cm³/mol. The summed E-state index contributed by atoms with van der Waals surface area (Å²) in [7, 11) is 0.